The summed E-state index contributed by atoms with van der Waals surface area (Å²) in [4.78, 5) is 18.8. The van der Waals surface area contributed by atoms with E-state index in [0.717, 1.165) is 35.1 Å². The quantitative estimate of drug-likeness (QED) is 0.744. The molecule has 0 radical (unpaired) electrons. The Hall–Kier alpha value is -2.40. The van der Waals surface area contributed by atoms with Crippen molar-refractivity contribution in [3.05, 3.63) is 52.5 Å². The zero-order valence-electron chi connectivity index (χ0n) is 14.3. The van der Waals surface area contributed by atoms with Crippen molar-refractivity contribution in [1.29, 1.82) is 0 Å². The monoisotopic (exact) mass is 352 g/mol. The molecule has 1 aliphatic carbocycles. The topological polar surface area (TPSA) is 51.2 Å². The van der Waals surface area contributed by atoms with Crippen LogP contribution in [0.15, 0.2) is 36.4 Å². The first kappa shape index (κ1) is 16.1. The first-order valence-electron chi connectivity index (χ1n) is 8.51. The van der Waals surface area contributed by atoms with E-state index >= 15 is 0 Å². The van der Waals surface area contributed by atoms with Crippen LogP contribution in [-0.2, 0) is 12.8 Å². The average molecular weight is 352 g/mol. The number of hydrogen-bond acceptors (Lipinski definition) is 4. The van der Waals surface area contributed by atoms with Gasteiger partial charge in [0.1, 0.15) is 5.75 Å². The normalized spacial score (nSPS) is 16.5. The number of aromatic nitrogens is 1. The Balaban J connectivity index is 1.65. The van der Waals surface area contributed by atoms with Crippen LogP contribution in [0.5, 0.6) is 5.75 Å². The van der Waals surface area contributed by atoms with Gasteiger partial charge in [-0.2, -0.15) is 0 Å². The summed E-state index contributed by atoms with van der Waals surface area (Å²) >= 11 is 1.61. The molecule has 0 spiro atoms. The zero-order valence-corrected chi connectivity index (χ0v) is 15.2. The third-order valence-electron chi connectivity index (χ3n) is 4.76. The zero-order chi connectivity index (χ0) is 17.4. The molecule has 0 aliphatic heterocycles. The van der Waals surface area contributed by atoms with E-state index in [9.17, 15) is 4.79 Å². The van der Waals surface area contributed by atoms with E-state index in [0.29, 0.717) is 16.6 Å². The molecule has 1 N–H and O–H groups in total. The van der Waals surface area contributed by atoms with Crippen LogP contribution >= 0.6 is 11.3 Å². The van der Waals surface area contributed by atoms with E-state index in [1.165, 1.54) is 11.3 Å². The largest absolute Gasteiger partial charge is 0.496 e. The molecule has 0 bridgehead atoms. The molecule has 0 fully saturated rings. The SMILES string of the molecule is COc1ccc(C(=O)Nc2nc3c(s2)CC(C)CC3)c2ccccc12. The lowest BCUT2D eigenvalue weighted by atomic mass is 9.93. The van der Waals surface area contributed by atoms with E-state index in [1.54, 1.807) is 18.4 Å². The summed E-state index contributed by atoms with van der Waals surface area (Å²) in [6.45, 7) is 2.27. The summed E-state index contributed by atoms with van der Waals surface area (Å²) < 4.78 is 5.40. The van der Waals surface area contributed by atoms with Crippen molar-refractivity contribution in [1.82, 2.24) is 4.98 Å². The fourth-order valence-electron chi connectivity index (χ4n) is 3.41. The average Bonchev–Trinajstić information content (AvgIpc) is 3.01. The number of carbonyl (C=O) groups excluding carboxylic acids is 1. The fraction of sp³-hybridized carbons (Fsp3) is 0.300. The first-order valence-corrected chi connectivity index (χ1v) is 9.33. The number of methoxy groups -OCH3 is 1. The molecule has 1 aliphatic rings. The van der Waals surface area contributed by atoms with Crippen molar-refractivity contribution in [3.63, 3.8) is 0 Å². The summed E-state index contributed by atoms with van der Waals surface area (Å²) in [5, 5.41) is 5.50. The van der Waals surface area contributed by atoms with Crippen molar-refractivity contribution >= 4 is 33.1 Å². The van der Waals surface area contributed by atoms with Gasteiger partial charge in [0.05, 0.1) is 12.8 Å². The number of ether oxygens (including phenoxy) is 1. The van der Waals surface area contributed by atoms with Crippen molar-refractivity contribution < 1.29 is 9.53 Å². The van der Waals surface area contributed by atoms with E-state index in [1.807, 2.05) is 36.4 Å². The number of rotatable bonds is 3. The van der Waals surface area contributed by atoms with Crippen LogP contribution in [0.3, 0.4) is 0 Å². The van der Waals surface area contributed by atoms with Crippen LogP contribution < -0.4 is 10.1 Å². The Morgan fingerprint density at radius 2 is 2.04 bits per heavy atom. The van der Waals surface area contributed by atoms with E-state index in [-0.39, 0.29) is 5.91 Å². The van der Waals surface area contributed by atoms with Crippen molar-refractivity contribution in [3.8, 4) is 5.75 Å². The Kier molecular flexibility index (Phi) is 4.17. The minimum Gasteiger partial charge on any atom is -0.496 e. The van der Waals surface area contributed by atoms with Crippen LogP contribution in [-0.4, -0.2) is 18.0 Å². The minimum atomic E-state index is -0.127. The highest BCUT2D eigenvalue weighted by Gasteiger charge is 2.21. The summed E-state index contributed by atoms with van der Waals surface area (Å²) in [5.41, 5.74) is 1.79. The van der Waals surface area contributed by atoms with Crippen LogP contribution in [0.4, 0.5) is 5.13 Å². The molecule has 1 heterocycles. The molecule has 3 aromatic rings. The Morgan fingerprint density at radius 3 is 2.84 bits per heavy atom. The van der Waals surface area contributed by atoms with Gasteiger partial charge in [0.2, 0.25) is 0 Å². The minimum absolute atomic E-state index is 0.127. The van der Waals surface area contributed by atoms with Crippen LogP contribution in [0.25, 0.3) is 10.8 Å². The fourth-order valence-corrected chi connectivity index (χ4v) is 4.57. The summed E-state index contributed by atoms with van der Waals surface area (Å²) in [7, 11) is 1.64. The van der Waals surface area contributed by atoms with Gasteiger partial charge < -0.3 is 4.74 Å². The number of anilines is 1. The summed E-state index contributed by atoms with van der Waals surface area (Å²) in [6.07, 6.45) is 3.25. The third kappa shape index (κ3) is 3.00. The number of benzene rings is 2. The van der Waals surface area contributed by atoms with E-state index < -0.39 is 0 Å². The van der Waals surface area contributed by atoms with Gasteiger partial charge in [0.15, 0.2) is 5.13 Å². The molecular weight excluding hydrogens is 332 g/mol. The number of nitrogens with zero attached hydrogens (tertiary/aromatic N) is 1. The Morgan fingerprint density at radius 1 is 1.24 bits per heavy atom. The summed E-state index contributed by atoms with van der Waals surface area (Å²) in [6, 6.07) is 11.4. The lowest BCUT2D eigenvalue weighted by Gasteiger charge is -2.15. The number of amides is 1. The van der Waals surface area contributed by atoms with Gasteiger partial charge in [-0.15, -0.1) is 11.3 Å². The molecule has 1 aromatic heterocycles. The molecule has 128 valence electrons. The molecule has 0 saturated carbocycles. The molecular formula is C20H20N2O2S. The van der Waals surface area contributed by atoms with Gasteiger partial charge in [0.25, 0.3) is 5.91 Å². The lowest BCUT2D eigenvalue weighted by molar-refractivity contribution is 0.102. The van der Waals surface area contributed by atoms with Crippen molar-refractivity contribution in [2.24, 2.45) is 5.92 Å². The number of nitrogens with one attached hydrogen (secondary N) is 1. The smallest absolute Gasteiger partial charge is 0.258 e. The molecule has 4 rings (SSSR count). The lowest BCUT2D eigenvalue weighted by Crippen LogP contribution is -2.12. The number of carbonyl (C=O) groups is 1. The Labute approximate surface area is 150 Å². The molecule has 5 heteroatoms. The second-order valence-electron chi connectivity index (χ2n) is 6.55. The molecule has 25 heavy (non-hydrogen) atoms. The van der Waals surface area contributed by atoms with Gasteiger partial charge in [0, 0.05) is 15.8 Å². The van der Waals surface area contributed by atoms with Gasteiger partial charge >= 0.3 is 0 Å². The third-order valence-corrected chi connectivity index (χ3v) is 5.79. The highest BCUT2D eigenvalue weighted by Crippen LogP contribution is 2.33. The van der Waals surface area contributed by atoms with Crippen molar-refractivity contribution in [2.75, 3.05) is 12.4 Å². The standard InChI is InChI=1S/C20H20N2O2S/c1-12-7-9-16-18(11-12)25-20(21-16)22-19(23)15-8-10-17(24-2)14-6-4-3-5-13(14)15/h3-6,8,10,12H,7,9,11H2,1-2H3,(H,21,22,23). The van der Waals surface area contributed by atoms with E-state index in [4.69, 9.17) is 4.74 Å². The van der Waals surface area contributed by atoms with Gasteiger partial charge in [-0.05, 0) is 42.7 Å². The maximum Gasteiger partial charge on any atom is 0.258 e. The van der Waals surface area contributed by atoms with Crippen molar-refractivity contribution in [2.45, 2.75) is 26.2 Å². The number of fused-ring (bicyclic) bond motifs is 2. The second-order valence-corrected chi connectivity index (χ2v) is 7.64. The highest BCUT2D eigenvalue weighted by atomic mass is 32.1. The summed E-state index contributed by atoms with van der Waals surface area (Å²) in [5.74, 6) is 1.34. The van der Waals surface area contributed by atoms with Gasteiger partial charge in [-0.3, -0.25) is 10.1 Å². The maximum absolute atomic E-state index is 12.8. The van der Waals surface area contributed by atoms with Gasteiger partial charge in [-0.25, -0.2) is 4.98 Å². The van der Waals surface area contributed by atoms with Crippen LogP contribution in [0, 0.1) is 5.92 Å². The number of aryl methyl sites for hydroxylation is 1. The predicted octanol–water partition coefficient (Wildman–Crippen LogP) is 4.68. The molecule has 1 amide bonds. The molecule has 4 nitrogen and oxygen atoms in total. The molecule has 0 saturated heterocycles. The molecule has 1 unspecified atom stereocenters. The second kappa shape index (κ2) is 6.48. The number of hydrogen-bond donors (Lipinski definition) is 1. The Bertz CT molecular complexity index is 948. The first-order chi connectivity index (χ1) is 12.2. The van der Waals surface area contributed by atoms with Crippen LogP contribution in [0.1, 0.15) is 34.3 Å². The van der Waals surface area contributed by atoms with Crippen LogP contribution in [0.2, 0.25) is 0 Å². The predicted molar refractivity (Wildman–Crippen MR) is 102 cm³/mol. The molecule has 2 aromatic carbocycles. The van der Waals surface area contributed by atoms with Gasteiger partial charge in [-0.1, -0.05) is 31.2 Å². The number of thiazole rings is 1. The highest BCUT2D eigenvalue weighted by molar-refractivity contribution is 7.15. The maximum atomic E-state index is 12.8. The molecule has 1 atom stereocenters. The van der Waals surface area contributed by atoms with E-state index in [2.05, 4.69) is 17.2 Å².